The standard InChI is InChI=1S/C13H18N2OS2/c1-2-16-13(17)18-15-9-4-3-7-12(15)11-6-5-8-14-10-11/h5-6,8,10,12H,2-4,7,9H2,1H3. The lowest BCUT2D eigenvalue weighted by atomic mass is 9.99. The molecule has 2 heterocycles. The van der Waals surface area contributed by atoms with Crippen LogP contribution in [0.2, 0.25) is 0 Å². The number of piperidine rings is 1. The molecular weight excluding hydrogens is 264 g/mol. The van der Waals surface area contributed by atoms with Gasteiger partial charge >= 0.3 is 0 Å². The molecule has 0 amide bonds. The smallest absolute Gasteiger partial charge is 0.235 e. The van der Waals surface area contributed by atoms with Gasteiger partial charge in [0.25, 0.3) is 0 Å². The zero-order valence-electron chi connectivity index (χ0n) is 10.5. The Bertz CT molecular complexity index is 386. The van der Waals surface area contributed by atoms with Crippen molar-refractivity contribution in [1.29, 1.82) is 0 Å². The molecule has 1 aliphatic rings. The van der Waals surface area contributed by atoms with E-state index in [4.69, 9.17) is 17.0 Å². The van der Waals surface area contributed by atoms with Gasteiger partial charge in [-0.1, -0.05) is 12.5 Å². The lowest BCUT2D eigenvalue weighted by Crippen LogP contribution is -2.29. The molecule has 1 unspecified atom stereocenters. The lowest BCUT2D eigenvalue weighted by molar-refractivity contribution is 0.277. The second-order valence-electron chi connectivity index (χ2n) is 4.21. The maximum atomic E-state index is 5.37. The van der Waals surface area contributed by atoms with Crippen LogP contribution in [0, 0.1) is 0 Å². The van der Waals surface area contributed by atoms with E-state index in [0.717, 1.165) is 13.0 Å². The van der Waals surface area contributed by atoms with Gasteiger partial charge in [0.2, 0.25) is 4.38 Å². The second-order valence-corrected chi connectivity index (χ2v) is 5.86. The van der Waals surface area contributed by atoms with E-state index in [1.807, 2.05) is 25.4 Å². The average Bonchev–Trinajstić information content (AvgIpc) is 2.40. The van der Waals surface area contributed by atoms with Crippen LogP contribution in [0.3, 0.4) is 0 Å². The summed E-state index contributed by atoms with van der Waals surface area (Å²) < 4.78 is 8.32. The van der Waals surface area contributed by atoms with Gasteiger partial charge in [-0.15, -0.1) is 0 Å². The molecule has 0 aromatic carbocycles. The summed E-state index contributed by atoms with van der Waals surface area (Å²) in [6, 6.07) is 4.53. The highest BCUT2D eigenvalue weighted by Crippen LogP contribution is 2.35. The lowest BCUT2D eigenvalue weighted by Gasteiger charge is -2.34. The van der Waals surface area contributed by atoms with Crippen molar-refractivity contribution in [3.63, 3.8) is 0 Å². The van der Waals surface area contributed by atoms with Gasteiger partial charge in [-0.25, -0.2) is 4.31 Å². The van der Waals surface area contributed by atoms with E-state index < -0.39 is 0 Å². The van der Waals surface area contributed by atoms with Crippen molar-refractivity contribution in [3.8, 4) is 0 Å². The summed E-state index contributed by atoms with van der Waals surface area (Å²) in [7, 11) is 0. The number of rotatable bonds is 3. The van der Waals surface area contributed by atoms with E-state index in [1.54, 1.807) is 11.9 Å². The van der Waals surface area contributed by atoms with Crippen molar-refractivity contribution in [2.24, 2.45) is 0 Å². The molecule has 1 atom stereocenters. The quantitative estimate of drug-likeness (QED) is 0.623. The Balaban J connectivity index is 2.04. The maximum Gasteiger partial charge on any atom is 0.235 e. The third-order valence-corrected chi connectivity index (χ3v) is 4.26. The van der Waals surface area contributed by atoms with Gasteiger partial charge in [0.1, 0.15) is 0 Å². The molecule has 0 aliphatic carbocycles. The summed E-state index contributed by atoms with van der Waals surface area (Å²) >= 11 is 6.78. The molecule has 98 valence electrons. The summed E-state index contributed by atoms with van der Waals surface area (Å²) in [6.07, 6.45) is 7.41. The van der Waals surface area contributed by atoms with Gasteiger partial charge in [0, 0.05) is 36.9 Å². The number of ether oxygens (including phenoxy) is 1. The predicted octanol–water partition coefficient (Wildman–Crippen LogP) is 3.58. The molecule has 3 nitrogen and oxygen atoms in total. The molecule has 18 heavy (non-hydrogen) atoms. The maximum absolute atomic E-state index is 5.37. The fraction of sp³-hybridized carbons (Fsp3) is 0.538. The van der Waals surface area contributed by atoms with Crippen molar-refractivity contribution in [1.82, 2.24) is 9.29 Å². The van der Waals surface area contributed by atoms with Crippen LogP contribution in [0.5, 0.6) is 0 Å². The van der Waals surface area contributed by atoms with Gasteiger partial charge in [-0.3, -0.25) is 4.98 Å². The molecule has 1 aromatic heterocycles. The molecule has 5 heteroatoms. The molecule has 0 bridgehead atoms. The molecule has 1 aromatic rings. The first-order valence-corrected chi connectivity index (χ1v) is 7.50. The first-order chi connectivity index (χ1) is 8.81. The highest BCUT2D eigenvalue weighted by atomic mass is 32.2. The first-order valence-electron chi connectivity index (χ1n) is 6.32. The Morgan fingerprint density at radius 3 is 3.22 bits per heavy atom. The molecule has 1 aliphatic heterocycles. The van der Waals surface area contributed by atoms with Crippen molar-refractivity contribution in [2.45, 2.75) is 32.2 Å². The third-order valence-electron chi connectivity index (χ3n) is 2.98. The topological polar surface area (TPSA) is 25.4 Å². The fourth-order valence-electron chi connectivity index (χ4n) is 2.16. The largest absolute Gasteiger partial charge is 0.478 e. The second kappa shape index (κ2) is 7.07. The molecule has 1 saturated heterocycles. The summed E-state index contributed by atoms with van der Waals surface area (Å²) in [6.45, 7) is 3.65. The number of hydrogen-bond donors (Lipinski definition) is 0. The monoisotopic (exact) mass is 282 g/mol. The molecule has 0 saturated carbocycles. The van der Waals surface area contributed by atoms with Gasteiger partial charge in [0.15, 0.2) is 0 Å². The normalized spacial score (nSPS) is 20.6. The highest BCUT2D eigenvalue weighted by molar-refractivity contribution is 8.21. The predicted molar refractivity (Wildman–Crippen MR) is 79.4 cm³/mol. The summed E-state index contributed by atoms with van der Waals surface area (Å²) in [4.78, 5) is 4.21. The van der Waals surface area contributed by atoms with E-state index in [2.05, 4.69) is 15.4 Å². The molecule has 1 fully saturated rings. The number of nitrogens with zero attached hydrogens (tertiary/aromatic N) is 2. The summed E-state index contributed by atoms with van der Waals surface area (Å²) in [5.41, 5.74) is 1.27. The van der Waals surface area contributed by atoms with Gasteiger partial charge in [-0.05, 0) is 43.6 Å². The Morgan fingerprint density at radius 1 is 1.61 bits per heavy atom. The van der Waals surface area contributed by atoms with Crippen LogP contribution >= 0.6 is 24.2 Å². The minimum absolute atomic E-state index is 0.399. The molecule has 0 N–H and O–H groups in total. The zero-order chi connectivity index (χ0) is 12.8. The van der Waals surface area contributed by atoms with Crippen LogP contribution in [0.4, 0.5) is 0 Å². The number of hydrogen-bond acceptors (Lipinski definition) is 5. The van der Waals surface area contributed by atoms with Gasteiger partial charge in [0.05, 0.1) is 6.61 Å². The minimum atomic E-state index is 0.399. The van der Waals surface area contributed by atoms with Crippen LogP contribution in [0.15, 0.2) is 24.5 Å². The Hall–Kier alpha value is -0.650. The molecule has 0 spiro atoms. The van der Waals surface area contributed by atoms with Crippen molar-refractivity contribution >= 4 is 28.5 Å². The zero-order valence-corrected chi connectivity index (χ0v) is 12.2. The highest BCUT2D eigenvalue weighted by Gasteiger charge is 2.26. The number of pyridine rings is 1. The Morgan fingerprint density at radius 2 is 2.50 bits per heavy atom. The minimum Gasteiger partial charge on any atom is -0.478 e. The summed E-state index contributed by atoms with van der Waals surface area (Å²) in [5, 5.41) is 0. The van der Waals surface area contributed by atoms with Gasteiger partial charge < -0.3 is 4.74 Å². The van der Waals surface area contributed by atoms with E-state index in [9.17, 15) is 0 Å². The van der Waals surface area contributed by atoms with Crippen molar-refractivity contribution in [2.75, 3.05) is 13.2 Å². The van der Waals surface area contributed by atoms with Crippen LogP contribution < -0.4 is 0 Å². The van der Waals surface area contributed by atoms with E-state index in [-0.39, 0.29) is 0 Å². The summed E-state index contributed by atoms with van der Waals surface area (Å²) in [5.74, 6) is 0. The molecule has 0 radical (unpaired) electrons. The van der Waals surface area contributed by atoms with E-state index in [1.165, 1.54) is 18.4 Å². The third kappa shape index (κ3) is 3.67. The van der Waals surface area contributed by atoms with Gasteiger partial charge in [-0.2, -0.15) is 0 Å². The SMILES string of the molecule is CCOC(=S)SN1CCCCC1c1cccnc1. The van der Waals surface area contributed by atoms with E-state index >= 15 is 0 Å². The first kappa shape index (κ1) is 13.8. The molecule has 2 rings (SSSR count). The average molecular weight is 282 g/mol. The van der Waals surface area contributed by atoms with Crippen molar-refractivity contribution in [3.05, 3.63) is 30.1 Å². The number of thiocarbonyl (C=S) groups is 1. The Kier molecular flexibility index (Phi) is 5.41. The van der Waals surface area contributed by atoms with Crippen LogP contribution in [-0.4, -0.2) is 26.8 Å². The van der Waals surface area contributed by atoms with Crippen LogP contribution in [0.25, 0.3) is 0 Å². The fourth-order valence-corrected chi connectivity index (χ4v) is 3.50. The molecular formula is C13H18N2OS2. The van der Waals surface area contributed by atoms with E-state index in [0.29, 0.717) is 17.0 Å². The number of aromatic nitrogens is 1. The van der Waals surface area contributed by atoms with Crippen LogP contribution in [0.1, 0.15) is 37.8 Å². The van der Waals surface area contributed by atoms with Crippen LogP contribution in [-0.2, 0) is 4.74 Å². The Labute approximate surface area is 118 Å². The van der Waals surface area contributed by atoms with Crippen molar-refractivity contribution < 1.29 is 4.74 Å².